The van der Waals surface area contributed by atoms with Gasteiger partial charge in [0.25, 0.3) is 0 Å². The van der Waals surface area contributed by atoms with E-state index in [9.17, 15) is 13.2 Å². The third-order valence-electron chi connectivity index (χ3n) is 6.36. The summed E-state index contributed by atoms with van der Waals surface area (Å²) >= 11 is 0. The second-order valence-electron chi connectivity index (χ2n) is 9.16. The van der Waals surface area contributed by atoms with Crippen LogP contribution in [0.2, 0.25) is 0 Å². The van der Waals surface area contributed by atoms with Crippen LogP contribution in [0.1, 0.15) is 28.6 Å². The molecular weight excluding hydrogens is 478 g/mol. The van der Waals surface area contributed by atoms with Crippen LogP contribution in [0.3, 0.4) is 0 Å². The van der Waals surface area contributed by atoms with Crippen molar-refractivity contribution in [3.8, 4) is 16.9 Å². The van der Waals surface area contributed by atoms with Crippen LogP contribution >= 0.6 is 0 Å². The van der Waals surface area contributed by atoms with Crippen LogP contribution in [0.25, 0.3) is 22.2 Å². The monoisotopic (exact) mass is 509 g/mol. The van der Waals surface area contributed by atoms with Gasteiger partial charge >= 0.3 is 5.69 Å². The number of aryl methyl sites for hydroxylation is 3. The minimum absolute atomic E-state index is 0.187. The molecule has 0 aliphatic heterocycles. The van der Waals surface area contributed by atoms with Crippen molar-refractivity contribution < 1.29 is 17.9 Å². The minimum atomic E-state index is -3.47. The number of benzene rings is 2. The number of pyridine rings is 1. The number of aromatic nitrogens is 3. The van der Waals surface area contributed by atoms with Gasteiger partial charge in [-0.05, 0) is 54.8 Å². The van der Waals surface area contributed by atoms with Gasteiger partial charge in [-0.2, -0.15) is 0 Å². The van der Waals surface area contributed by atoms with Crippen LogP contribution in [0, 0.1) is 13.8 Å². The van der Waals surface area contributed by atoms with Crippen LogP contribution in [0.5, 0.6) is 5.75 Å². The molecule has 0 amide bonds. The van der Waals surface area contributed by atoms with Crippen LogP contribution in [-0.2, 0) is 28.2 Å². The number of methoxy groups -OCH3 is 2. The normalized spacial score (nSPS) is 12.7. The van der Waals surface area contributed by atoms with E-state index in [2.05, 4.69) is 30.1 Å². The molecule has 0 unspecified atom stereocenters. The van der Waals surface area contributed by atoms with E-state index in [1.54, 1.807) is 30.9 Å². The number of hydrogen-bond acceptors (Lipinski definition) is 6. The van der Waals surface area contributed by atoms with Crippen molar-refractivity contribution in [1.82, 2.24) is 14.1 Å². The standard InChI is InChI=1S/C27H31N3O5S/c1-17-7-8-18(2)20(13-17)19-9-11-23-24(14-19)29(3)27(31)30(23)25(16-36(6,32)33)21-10-12-26(35-5)22(28-21)15-34-4/h7-14,25H,15-16H2,1-6H3/t25-/m1/s1. The average Bonchev–Trinajstić information content (AvgIpc) is 3.08. The van der Waals surface area contributed by atoms with Crippen LogP contribution in [-0.4, -0.2) is 48.8 Å². The lowest BCUT2D eigenvalue weighted by Crippen LogP contribution is -2.31. The molecule has 0 saturated carbocycles. The van der Waals surface area contributed by atoms with Crippen molar-refractivity contribution in [3.63, 3.8) is 0 Å². The number of ether oxygens (including phenoxy) is 2. The Morgan fingerprint density at radius 1 is 1.00 bits per heavy atom. The molecule has 0 radical (unpaired) electrons. The number of nitrogens with zero attached hydrogens (tertiary/aromatic N) is 3. The van der Waals surface area contributed by atoms with E-state index in [4.69, 9.17) is 9.47 Å². The molecule has 0 bridgehead atoms. The second-order valence-corrected chi connectivity index (χ2v) is 11.3. The third-order valence-corrected chi connectivity index (χ3v) is 7.28. The first-order valence-corrected chi connectivity index (χ1v) is 13.6. The Morgan fingerprint density at radius 2 is 1.75 bits per heavy atom. The molecule has 36 heavy (non-hydrogen) atoms. The van der Waals surface area contributed by atoms with Crippen molar-refractivity contribution in [2.24, 2.45) is 7.05 Å². The summed E-state index contributed by atoms with van der Waals surface area (Å²) in [4.78, 5) is 18.2. The molecular formula is C27H31N3O5S. The first-order valence-electron chi connectivity index (χ1n) is 11.5. The van der Waals surface area contributed by atoms with E-state index in [1.165, 1.54) is 11.7 Å². The molecule has 0 saturated heterocycles. The molecule has 0 aliphatic rings. The molecule has 0 aliphatic carbocycles. The van der Waals surface area contributed by atoms with E-state index in [-0.39, 0.29) is 18.0 Å². The lowest BCUT2D eigenvalue weighted by molar-refractivity contribution is 0.177. The molecule has 2 aromatic carbocycles. The summed E-state index contributed by atoms with van der Waals surface area (Å²) in [5, 5.41) is 0. The fraction of sp³-hybridized carbons (Fsp3) is 0.333. The fourth-order valence-corrected chi connectivity index (χ4v) is 5.47. The minimum Gasteiger partial charge on any atom is -0.495 e. The highest BCUT2D eigenvalue weighted by molar-refractivity contribution is 7.90. The maximum Gasteiger partial charge on any atom is 0.329 e. The number of sulfone groups is 1. The molecule has 1 atom stereocenters. The van der Waals surface area contributed by atoms with Crippen molar-refractivity contribution in [3.05, 3.63) is 81.5 Å². The topological polar surface area (TPSA) is 92.4 Å². The van der Waals surface area contributed by atoms with Gasteiger partial charge in [-0.1, -0.05) is 29.8 Å². The van der Waals surface area contributed by atoms with Crippen LogP contribution < -0.4 is 10.4 Å². The van der Waals surface area contributed by atoms with Gasteiger partial charge in [-0.15, -0.1) is 0 Å². The van der Waals surface area contributed by atoms with E-state index < -0.39 is 15.9 Å². The zero-order valence-electron chi connectivity index (χ0n) is 21.4. The lowest BCUT2D eigenvalue weighted by atomic mass is 9.98. The Bertz CT molecular complexity index is 1600. The van der Waals surface area contributed by atoms with Crippen molar-refractivity contribution in [1.29, 1.82) is 0 Å². The van der Waals surface area contributed by atoms with Gasteiger partial charge in [0.05, 0.1) is 42.2 Å². The molecule has 0 fully saturated rings. The number of rotatable bonds is 8. The van der Waals surface area contributed by atoms with Crippen molar-refractivity contribution in [2.45, 2.75) is 26.5 Å². The largest absolute Gasteiger partial charge is 0.495 e. The molecule has 190 valence electrons. The smallest absolute Gasteiger partial charge is 0.329 e. The average molecular weight is 510 g/mol. The van der Waals surface area contributed by atoms with Crippen molar-refractivity contribution >= 4 is 20.9 Å². The van der Waals surface area contributed by atoms with Crippen LogP contribution in [0.4, 0.5) is 0 Å². The predicted octanol–water partition coefficient (Wildman–Crippen LogP) is 3.81. The highest BCUT2D eigenvalue weighted by Crippen LogP contribution is 2.30. The van der Waals surface area contributed by atoms with E-state index in [1.807, 2.05) is 25.1 Å². The summed E-state index contributed by atoms with van der Waals surface area (Å²) in [6.45, 7) is 4.29. The summed E-state index contributed by atoms with van der Waals surface area (Å²) in [6, 6.07) is 14.7. The van der Waals surface area contributed by atoms with E-state index in [0.717, 1.165) is 28.5 Å². The molecule has 4 rings (SSSR count). The lowest BCUT2D eigenvalue weighted by Gasteiger charge is -2.19. The molecule has 4 aromatic rings. The van der Waals surface area contributed by atoms with Gasteiger partial charge in [-0.25, -0.2) is 18.2 Å². The van der Waals surface area contributed by atoms with Gasteiger partial charge in [0, 0.05) is 20.4 Å². The van der Waals surface area contributed by atoms with Crippen LogP contribution in [0.15, 0.2) is 53.3 Å². The maximum absolute atomic E-state index is 13.5. The number of imidazole rings is 1. The van der Waals surface area contributed by atoms with Gasteiger partial charge < -0.3 is 9.47 Å². The molecule has 0 N–H and O–H groups in total. The third kappa shape index (κ3) is 4.94. The van der Waals surface area contributed by atoms with Gasteiger partial charge in [0.2, 0.25) is 0 Å². The molecule has 2 aromatic heterocycles. The SMILES string of the molecule is COCc1nc([C@@H](CS(C)(=O)=O)n2c(=O)n(C)c3cc(-c4cc(C)ccc4C)ccc32)ccc1OC. The van der Waals surface area contributed by atoms with Gasteiger partial charge in [0.15, 0.2) is 0 Å². The summed E-state index contributed by atoms with van der Waals surface area (Å²) in [5.41, 5.74) is 6.36. The molecule has 2 heterocycles. The summed E-state index contributed by atoms with van der Waals surface area (Å²) in [7, 11) is 1.31. The number of hydrogen-bond donors (Lipinski definition) is 0. The first-order chi connectivity index (χ1) is 17.0. The molecule has 8 nitrogen and oxygen atoms in total. The van der Waals surface area contributed by atoms with Gasteiger partial charge in [-0.3, -0.25) is 9.13 Å². The highest BCUT2D eigenvalue weighted by Gasteiger charge is 2.27. The maximum atomic E-state index is 13.5. The Labute approximate surface area is 211 Å². The number of fused-ring (bicyclic) bond motifs is 1. The Hall–Kier alpha value is -3.43. The Balaban J connectivity index is 1.94. The zero-order valence-corrected chi connectivity index (χ0v) is 22.2. The summed E-state index contributed by atoms with van der Waals surface area (Å²) in [5.74, 6) is 0.249. The zero-order chi connectivity index (χ0) is 26.2. The summed E-state index contributed by atoms with van der Waals surface area (Å²) in [6.07, 6.45) is 1.16. The van der Waals surface area contributed by atoms with Crippen molar-refractivity contribution in [2.75, 3.05) is 26.2 Å². The Morgan fingerprint density at radius 3 is 2.42 bits per heavy atom. The van der Waals surface area contributed by atoms with E-state index >= 15 is 0 Å². The Kier molecular flexibility index (Phi) is 7.06. The molecule has 9 heteroatoms. The second kappa shape index (κ2) is 9.91. The highest BCUT2D eigenvalue weighted by atomic mass is 32.2. The predicted molar refractivity (Wildman–Crippen MR) is 141 cm³/mol. The summed E-state index contributed by atoms with van der Waals surface area (Å²) < 4.78 is 38.7. The first kappa shape index (κ1) is 25.7. The molecule has 0 spiro atoms. The van der Waals surface area contributed by atoms with E-state index in [0.29, 0.717) is 28.2 Å². The van der Waals surface area contributed by atoms with Gasteiger partial charge in [0.1, 0.15) is 21.3 Å². The quantitative estimate of drug-likeness (QED) is 0.359. The fourth-order valence-electron chi connectivity index (χ4n) is 4.58.